The van der Waals surface area contributed by atoms with Gasteiger partial charge in [0.05, 0.1) is 14.2 Å². The first-order chi connectivity index (χ1) is 34.9. The van der Waals surface area contributed by atoms with Crippen LogP contribution >= 0.6 is 0 Å². The standard InChI is InChI=1S/2C21H25F3N4O4.C4H6O6/c2*1-31-20-26-17(12-18(27-20)28-10-2-3-15(13-28)11-19(29)30)25-9-8-14-4-6-16(7-5-14)32-21(22,23)24;5-1(3(7)8)2(6)4(9)10/h2*4-7,12,15H,2-3,8-11,13H2,1H3,(H,29,30)(H,25,26,27);1-2,5-6H,(H,7,8)(H,9,10). The molecule has 4 aromatic rings. The summed E-state index contributed by atoms with van der Waals surface area (Å²) in [6, 6.07) is 15.4. The SMILES string of the molecule is COc1nc(NCCc2ccc(OC(F)(F)F)cc2)cc(N2CCCC(CC(=O)O)C2)n1.COc1nc(NCCc2ccc(OC(F)(F)F)cc2)cc(N2CCCC(CC(=O)O)C2)n1.O=C(O)C(O)C(O)C(=O)O. The van der Waals surface area contributed by atoms with Crippen molar-refractivity contribution in [1.82, 2.24) is 19.9 Å². The Morgan fingerprint density at radius 3 is 1.26 bits per heavy atom. The molecule has 0 saturated carbocycles. The van der Waals surface area contributed by atoms with Crippen LogP contribution in [0.25, 0.3) is 0 Å². The van der Waals surface area contributed by atoms with Crippen molar-refractivity contribution < 1.29 is 95.1 Å². The third-order valence-electron chi connectivity index (χ3n) is 10.9. The number of nitrogens with zero attached hydrogens (tertiary/aromatic N) is 6. The Bertz CT molecular complexity index is 2270. The number of carboxylic acids is 4. The van der Waals surface area contributed by atoms with Crippen molar-refractivity contribution in [3.05, 3.63) is 71.8 Å². The van der Waals surface area contributed by atoms with Crippen LogP contribution in [0.1, 0.15) is 49.7 Å². The molecule has 0 aliphatic carbocycles. The molecule has 2 aliphatic rings. The highest BCUT2D eigenvalue weighted by Crippen LogP contribution is 2.29. The molecule has 2 aromatic carbocycles. The Morgan fingerprint density at radius 2 is 0.959 bits per heavy atom. The van der Waals surface area contributed by atoms with Crippen LogP contribution in [-0.2, 0) is 32.0 Å². The number of aliphatic hydroxyl groups excluding tert-OH is 2. The zero-order chi connectivity index (χ0) is 54.6. The van der Waals surface area contributed by atoms with E-state index in [0.29, 0.717) is 62.3 Å². The Labute approximate surface area is 418 Å². The van der Waals surface area contributed by atoms with Gasteiger partial charge in [-0.2, -0.15) is 19.9 Å². The summed E-state index contributed by atoms with van der Waals surface area (Å²) >= 11 is 0. The zero-order valence-corrected chi connectivity index (χ0v) is 39.9. The second-order valence-corrected chi connectivity index (χ2v) is 16.6. The van der Waals surface area contributed by atoms with E-state index in [0.717, 1.165) is 49.9 Å². The van der Waals surface area contributed by atoms with Gasteiger partial charge < -0.3 is 70.0 Å². The molecule has 2 saturated heterocycles. The molecule has 8 N–H and O–H groups in total. The number of aliphatic carboxylic acids is 4. The van der Waals surface area contributed by atoms with Gasteiger partial charge in [-0.3, -0.25) is 9.59 Å². The molecule has 6 rings (SSSR count). The maximum atomic E-state index is 12.3. The summed E-state index contributed by atoms with van der Waals surface area (Å²) in [4.78, 5) is 63.1. The van der Waals surface area contributed by atoms with Crippen molar-refractivity contribution in [3.8, 4) is 23.5 Å². The first-order valence-corrected chi connectivity index (χ1v) is 22.7. The lowest BCUT2D eigenvalue weighted by Gasteiger charge is -2.33. The van der Waals surface area contributed by atoms with Gasteiger partial charge in [0.15, 0.2) is 12.2 Å². The van der Waals surface area contributed by atoms with E-state index in [9.17, 15) is 45.5 Å². The minimum Gasteiger partial charge on any atom is -0.481 e. The predicted molar refractivity (Wildman–Crippen MR) is 249 cm³/mol. The minimum atomic E-state index is -4.71. The van der Waals surface area contributed by atoms with E-state index in [2.05, 4.69) is 40.0 Å². The normalized spacial score (nSPS) is 16.4. The van der Waals surface area contributed by atoms with Crippen LogP contribution < -0.4 is 39.4 Å². The number of hydrogen-bond acceptors (Lipinski definition) is 18. The smallest absolute Gasteiger partial charge is 0.481 e. The molecule has 4 unspecified atom stereocenters. The molecule has 74 heavy (non-hydrogen) atoms. The number of benzene rings is 2. The fourth-order valence-electron chi connectivity index (χ4n) is 7.54. The summed E-state index contributed by atoms with van der Waals surface area (Å²) < 4.78 is 91.7. The Kier molecular flexibility index (Phi) is 22.3. The maximum Gasteiger partial charge on any atom is 0.573 e. The number of aliphatic hydroxyl groups is 2. The van der Waals surface area contributed by atoms with E-state index < -0.39 is 48.8 Å². The van der Waals surface area contributed by atoms with Crippen LogP contribution in [0.4, 0.5) is 49.6 Å². The van der Waals surface area contributed by atoms with Crippen molar-refractivity contribution in [2.24, 2.45) is 11.8 Å². The lowest BCUT2D eigenvalue weighted by atomic mass is 9.95. The number of aromatic nitrogens is 4. The number of alkyl halides is 6. The highest BCUT2D eigenvalue weighted by Gasteiger charge is 2.32. The van der Waals surface area contributed by atoms with Crippen molar-refractivity contribution in [2.75, 3.05) is 73.9 Å². The number of methoxy groups -OCH3 is 2. The van der Waals surface area contributed by atoms with Gasteiger partial charge in [0.25, 0.3) is 0 Å². The zero-order valence-electron chi connectivity index (χ0n) is 39.9. The highest BCUT2D eigenvalue weighted by atomic mass is 19.4. The van der Waals surface area contributed by atoms with Crippen molar-refractivity contribution in [3.63, 3.8) is 0 Å². The molecule has 28 heteroatoms. The van der Waals surface area contributed by atoms with Crippen LogP contribution in [0, 0.1) is 11.8 Å². The third-order valence-corrected chi connectivity index (χ3v) is 10.9. The van der Waals surface area contributed by atoms with Crippen molar-refractivity contribution in [1.29, 1.82) is 0 Å². The lowest BCUT2D eigenvalue weighted by Crippen LogP contribution is -2.39. The van der Waals surface area contributed by atoms with Gasteiger partial charge in [-0.05, 0) is 85.8 Å². The number of halogens is 6. The van der Waals surface area contributed by atoms with E-state index >= 15 is 0 Å². The van der Waals surface area contributed by atoms with E-state index in [-0.39, 0.29) is 48.2 Å². The fraction of sp³-hybridized carbons (Fsp3) is 0.478. The number of carbonyl (C=O) groups is 4. The average Bonchev–Trinajstić information content (AvgIpc) is 3.33. The molecular formula is C46H56F6N8O14. The molecule has 2 fully saturated rings. The van der Waals surface area contributed by atoms with Gasteiger partial charge in [0.2, 0.25) is 0 Å². The summed E-state index contributed by atoms with van der Waals surface area (Å²) in [5.41, 5.74) is 1.67. The maximum absolute atomic E-state index is 12.3. The summed E-state index contributed by atoms with van der Waals surface area (Å²) in [6.45, 7) is 3.70. The average molecular weight is 1060 g/mol. The number of hydrogen-bond donors (Lipinski definition) is 8. The molecule has 0 radical (unpaired) electrons. The molecule has 2 aromatic heterocycles. The van der Waals surface area contributed by atoms with Crippen LogP contribution in [-0.4, -0.2) is 153 Å². The highest BCUT2D eigenvalue weighted by molar-refractivity contribution is 5.83. The van der Waals surface area contributed by atoms with Gasteiger partial charge in [-0.1, -0.05) is 24.3 Å². The summed E-state index contributed by atoms with van der Waals surface area (Å²) in [6.07, 6.45) is -9.13. The van der Waals surface area contributed by atoms with E-state index in [1.807, 2.05) is 9.80 Å². The summed E-state index contributed by atoms with van der Waals surface area (Å²) in [7, 11) is 2.94. The Morgan fingerprint density at radius 1 is 0.608 bits per heavy atom. The number of rotatable bonds is 21. The van der Waals surface area contributed by atoms with Crippen LogP contribution in [0.2, 0.25) is 0 Å². The topological polar surface area (TPSA) is 309 Å². The lowest BCUT2D eigenvalue weighted by molar-refractivity contribution is -0.275. The van der Waals surface area contributed by atoms with Gasteiger partial charge in [0, 0.05) is 64.2 Å². The van der Waals surface area contributed by atoms with E-state index in [1.165, 1.54) is 38.5 Å². The summed E-state index contributed by atoms with van der Waals surface area (Å²) in [5, 5.41) is 57.0. The van der Waals surface area contributed by atoms with E-state index in [4.69, 9.17) is 40.1 Å². The Balaban J connectivity index is 0.000000271. The van der Waals surface area contributed by atoms with E-state index in [1.54, 1.807) is 36.4 Å². The molecule has 0 amide bonds. The van der Waals surface area contributed by atoms with Gasteiger partial charge >= 0.3 is 48.6 Å². The van der Waals surface area contributed by atoms with Crippen molar-refractivity contribution in [2.45, 2.75) is 76.3 Å². The van der Waals surface area contributed by atoms with Gasteiger partial charge in [-0.25, -0.2) is 9.59 Å². The molecule has 0 bridgehead atoms. The molecular weight excluding hydrogens is 1000 g/mol. The fourth-order valence-corrected chi connectivity index (χ4v) is 7.54. The Hall–Kier alpha value is -7.62. The quantitative estimate of drug-likeness (QED) is 0.0489. The second-order valence-electron chi connectivity index (χ2n) is 16.6. The number of nitrogens with one attached hydrogen (secondary N) is 2. The number of carboxylic acid groups (broad SMARTS) is 4. The number of ether oxygens (including phenoxy) is 4. The van der Waals surface area contributed by atoms with Crippen LogP contribution in [0.3, 0.4) is 0 Å². The molecule has 406 valence electrons. The number of anilines is 4. The molecule has 4 atom stereocenters. The van der Waals surface area contributed by atoms with Gasteiger partial charge in [0.1, 0.15) is 34.8 Å². The van der Waals surface area contributed by atoms with Crippen LogP contribution in [0.15, 0.2) is 60.7 Å². The monoisotopic (exact) mass is 1060 g/mol. The number of piperidine rings is 2. The van der Waals surface area contributed by atoms with Crippen LogP contribution in [0.5, 0.6) is 23.5 Å². The summed E-state index contributed by atoms with van der Waals surface area (Å²) in [5.74, 6) is -3.16. The van der Waals surface area contributed by atoms with Crippen molar-refractivity contribution >= 4 is 47.1 Å². The molecule has 0 spiro atoms. The predicted octanol–water partition coefficient (Wildman–Crippen LogP) is 5.34. The minimum absolute atomic E-state index is 0.0583. The first-order valence-electron chi connectivity index (χ1n) is 22.7. The first kappa shape index (κ1) is 58.9. The van der Waals surface area contributed by atoms with Gasteiger partial charge in [-0.15, -0.1) is 26.3 Å². The largest absolute Gasteiger partial charge is 0.573 e. The molecule has 4 heterocycles. The second kappa shape index (κ2) is 28.0. The molecule has 2 aliphatic heterocycles. The third kappa shape index (κ3) is 21.2. The molecule has 22 nitrogen and oxygen atoms in total.